The summed E-state index contributed by atoms with van der Waals surface area (Å²) in [4.78, 5) is 21.6. The zero-order valence-electron chi connectivity index (χ0n) is 24.2. The molecule has 1 aliphatic heterocycles. The van der Waals surface area contributed by atoms with Crippen molar-refractivity contribution in [3.05, 3.63) is 94.4 Å². The van der Waals surface area contributed by atoms with Crippen LogP contribution in [0.15, 0.2) is 61.1 Å². The summed E-state index contributed by atoms with van der Waals surface area (Å²) >= 11 is 0. The van der Waals surface area contributed by atoms with Gasteiger partial charge >= 0.3 is 6.18 Å². The Balaban J connectivity index is 1.36. The minimum absolute atomic E-state index is 0.0927. The van der Waals surface area contributed by atoms with E-state index in [1.54, 1.807) is 24.4 Å². The van der Waals surface area contributed by atoms with Gasteiger partial charge in [-0.05, 0) is 69.3 Å². The molecule has 1 N–H and O–H groups in total. The fourth-order valence-electron chi connectivity index (χ4n) is 5.16. The van der Waals surface area contributed by atoms with E-state index in [2.05, 4.69) is 45.5 Å². The number of alkyl halides is 3. The SMILES string of the molecule is Cc1ccc(C(=O)Nc2ccc(CN3CCN(C)CC3)c(C(F)(F)F)c2)cc1C#Cc1cncc2c1ccn2C(C)C. The van der Waals surface area contributed by atoms with E-state index in [1.165, 1.54) is 12.1 Å². The lowest BCUT2D eigenvalue weighted by molar-refractivity contribution is -0.138. The summed E-state index contributed by atoms with van der Waals surface area (Å²) in [6, 6.07) is 11.4. The van der Waals surface area contributed by atoms with Crippen LogP contribution in [0.25, 0.3) is 10.9 Å². The standard InChI is InChI=1S/C33H34F3N5O/c1-22(2)41-12-11-29-26(19-37-20-31(29)41)8-7-24-17-25(6-5-23(24)3)32(42)38-28-10-9-27(30(18-28)33(34,35)36)21-40-15-13-39(4)14-16-40/h5-6,9-12,17-20,22H,13-16,21H2,1-4H3,(H,38,42). The zero-order valence-corrected chi connectivity index (χ0v) is 24.2. The number of hydrogen-bond acceptors (Lipinski definition) is 4. The summed E-state index contributed by atoms with van der Waals surface area (Å²) in [5.74, 6) is 5.85. The molecule has 0 unspecified atom stereocenters. The molecule has 6 nitrogen and oxygen atoms in total. The molecule has 5 rings (SSSR count). The number of fused-ring (bicyclic) bond motifs is 1. The predicted octanol–water partition coefficient (Wildman–Crippen LogP) is 6.34. The predicted molar refractivity (Wildman–Crippen MR) is 159 cm³/mol. The van der Waals surface area contributed by atoms with Crippen molar-refractivity contribution in [3.8, 4) is 11.8 Å². The third-order valence-electron chi connectivity index (χ3n) is 7.70. The molecule has 2 aromatic heterocycles. The molecule has 0 spiro atoms. The first kappa shape index (κ1) is 29.4. The van der Waals surface area contributed by atoms with Crippen LogP contribution in [0.4, 0.5) is 18.9 Å². The first-order chi connectivity index (χ1) is 20.0. The monoisotopic (exact) mass is 573 g/mol. The van der Waals surface area contributed by atoms with E-state index in [9.17, 15) is 18.0 Å². The van der Waals surface area contributed by atoms with Gasteiger partial charge in [-0.15, -0.1) is 0 Å². The Bertz CT molecular complexity index is 1670. The molecule has 4 aromatic rings. The van der Waals surface area contributed by atoms with Gasteiger partial charge in [0.1, 0.15) is 0 Å². The van der Waals surface area contributed by atoms with Crippen LogP contribution in [-0.2, 0) is 12.7 Å². The summed E-state index contributed by atoms with van der Waals surface area (Å²) in [6.45, 7) is 9.36. The summed E-state index contributed by atoms with van der Waals surface area (Å²) < 4.78 is 44.1. The number of aryl methyl sites for hydroxylation is 1. The van der Waals surface area contributed by atoms with E-state index < -0.39 is 17.6 Å². The summed E-state index contributed by atoms with van der Waals surface area (Å²) in [5.41, 5.74) is 3.17. The van der Waals surface area contributed by atoms with Gasteiger partial charge in [-0.25, -0.2) is 0 Å². The second-order valence-corrected chi connectivity index (χ2v) is 11.1. The molecule has 42 heavy (non-hydrogen) atoms. The number of anilines is 1. The average molecular weight is 574 g/mol. The molecule has 0 radical (unpaired) electrons. The first-order valence-corrected chi connectivity index (χ1v) is 14.0. The van der Waals surface area contributed by atoms with Crippen LogP contribution < -0.4 is 5.32 Å². The van der Waals surface area contributed by atoms with Gasteiger partial charge in [0.25, 0.3) is 5.91 Å². The van der Waals surface area contributed by atoms with E-state index >= 15 is 0 Å². The molecule has 1 amide bonds. The molecule has 9 heteroatoms. The Labute approximate surface area is 244 Å². The summed E-state index contributed by atoms with van der Waals surface area (Å²) in [7, 11) is 2.00. The minimum atomic E-state index is -4.54. The van der Waals surface area contributed by atoms with E-state index in [1.807, 2.05) is 37.3 Å². The second kappa shape index (κ2) is 12.0. The summed E-state index contributed by atoms with van der Waals surface area (Å²) in [6.07, 6.45) is 1.02. The topological polar surface area (TPSA) is 53.4 Å². The third-order valence-corrected chi connectivity index (χ3v) is 7.70. The molecule has 1 fully saturated rings. The Kier molecular flexibility index (Phi) is 8.39. The van der Waals surface area contributed by atoms with Gasteiger partial charge in [-0.1, -0.05) is 24.0 Å². The summed E-state index contributed by atoms with van der Waals surface area (Å²) in [5, 5.41) is 3.64. The number of likely N-dealkylation sites (N-methyl/N-ethyl adjacent to an activating group) is 1. The van der Waals surface area contributed by atoms with Gasteiger partial charge in [0.05, 0.1) is 22.8 Å². The normalized spacial score (nSPS) is 14.7. The number of benzene rings is 2. The van der Waals surface area contributed by atoms with E-state index in [-0.39, 0.29) is 23.8 Å². The number of pyridine rings is 1. The molecule has 0 aliphatic carbocycles. The average Bonchev–Trinajstić information content (AvgIpc) is 3.39. The Morgan fingerprint density at radius 2 is 1.74 bits per heavy atom. The highest BCUT2D eigenvalue weighted by Crippen LogP contribution is 2.35. The largest absolute Gasteiger partial charge is 0.416 e. The van der Waals surface area contributed by atoms with Gasteiger partial charge in [0.15, 0.2) is 0 Å². The van der Waals surface area contributed by atoms with E-state index in [0.717, 1.165) is 41.2 Å². The van der Waals surface area contributed by atoms with Gasteiger partial charge in [0.2, 0.25) is 0 Å². The third kappa shape index (κ3) is 6.51. The van der Waals surface area contributed by atoms with Crippen LogP contribution in [-0.4, -0.2) is 58.5 Å². The first-order valence-electron chi connectivity index (χ1n) is 14.0. The van der Waals surface area contributed by atoms with Crippen molar-refractivity contribution in [2.24, 2.45) is 0 Å². The number of carbonyl (C=O) groups excluding carboxylic acids is 1. The number of piperazine rings is 1. The lowest BCUT2D eigenvalue weighted by Crippen LogP contribution is -2.44. The molecular weight excluding hydrogens is 539 g/mol. The highest BCUT2D eigenvalue weighted by molar-refractivity contribution is 6.04. The van der Waals surface area contributed by atoms with E-state index in [4.69, 9.17) is 0 Å². The van der Waals surface area contributed by atoms with Crippen LogP contribution in [0.1, 0.15) is 58.1 Å². The van der Waals surface area contributed by atoms with Crippen molar-refractivity contribution in [3.63, 3.8) is 0 Å². The highest BCUT2D eigenvalue weighted by Gasteiger charge is 2.34. The van der Waals surface area contributed by atoms with Crippen LogP contribution >= 0.6 is 0 Å². The van der Waals surface area contributed by atoms with Gasteiger partial charge in [0, 0.05) is 73.4 Å². The smallest absolute Gasteiger partial charge is 0.344 e. The van der Waals surface area contributed by atoms with Crippen LogP contribution in [0, 0.1) is 18.8 Å². The fraction of sp³-hybridized carbons (Fsp3) is 0.333. The molecule has 218 valence electrons. The maximum Gasteiger partial charge on any atom is 0.416 e. The molecule has 0 atom stereocenters. The quantitative estimate of drug-likeness (QED) is 0.283. The lowest BCUT2D eigenvalue weighted by atomic mass is 10.0. The number of hydrogen-bond donors (Lipinski definition) is 1. The van der Waals surface area contributed by atoms with Crippen LogP contribution in [0.3, 0.4) is 0 Å². The van der Waals surface area contributed by atoms with Crippen molar-refractivity contribution in [1.29, 1.82) is 0 Å². The second-order valence-electron chi connectivity index (χ2n) is 11.1. The van der Waals surface area contributed by atoms with Gasteiger partial charge in [-0.2, -0.15) is 13.2 Å². The van der Waals surface area contributed by atoms with Crippen molar-refractivity contribution in [2.45, 2.75) is 39.5 Å². The van der Waals surface area contributed by atoms with Crippen LogP contribution in [0.2, 0.25) is 0 Å². The number of nitrogens with one attached hydrogen (secondary N) is 1. The zero-order chi connectivity index (χ0) is 30.0. The molecule has 0 bridgehead atoms. The Hall–Kier alpha value is -4.13. The maximum atomic E-state index is 14.0. The van der Waals surface area contributed by atoms with E-state index in [0.29, 0.717) is 24.2 Å². The molecule has 1 saturated heterocycles. The Morgan fingerprint density at radius 3 is 2.45 bits per heavy atom. The lowest BCUT2D eigenvalue weighted by Gasteiger charge is -2.33. The fourth-order valence-corrected chi connectivity index (χ4v) is 5.16. The van der Waals surface area contributed by atoms with Gasteiger partial charge in [-0.3, -0.25) is 14.7 Å². The molecule has 3 heterocycles. The molecular formula is C33H34F3N5O. The number of carbonyl (C=O) groups is 1. The molecule has 0 saturated carbocycles. The number of amides is 1. The molecule has 1 aliphatic rings. The number of aromatic nitrogens is 2. The minimum Gasteiger partial charge on any atom is -0.344 e. The maximum absolute atomic E-state index is 14.0. The Morgan fingerprint density at radius 1 is 1.00 bits per heavy atom. The highest BCUT2D eigenvalue weighted by atomic mass is 19.4. The van der Waals surface area contributed by atoms with Gasteiger partial charge < -0.3 is 14.8 Å². The van der Waals surface area contributed by atoms with Crippen LogP contribution in [0.5, 0.6) is 0 Å². The number of rotatable bonds is 5. The van der Waals surface area contributed by atoms with Crippen molar-refractivity contribution in [2.75, 3.05) is 38.5 Å². The van der Waals surface area contributed by atoms with Crippen molar-refractivity contribution >= 4 is 22.5 Å². The van der Waals surface area contributed by atoms with Crippen molar-refractivity contribution in [1.82, 2.24) is 19.4 Å². The number of halogens is 3. The number of nitrogens with zero attached hydrogens (tertiary/aromatic N) is 4. The van der Waals surface area contributed by atoms with Crippen molar-refractivity contribution < 1.29 is 18.0 Å². The molecule has 2 aromatic carbocycles.